The second kappa shape index (κ2) is 10.8. The van der Waals surface area contributed by atoms with Gasteiger partial charge < -0.3 is 5.11 Å². The zero-order chi connectivity index (χ0) is 23.5. The van der Waals surface area contributed by atoms with Crippen molar-refractivity contribution in [2.45, 2.75) is 36.0 Å². The van der Waals surface area contributed by atoms with Gasteiger partial charge in [0, 0.05) is 40.3 Å². The maximum Gasteiger partial charge on any atom is 0.304 e. The summed E-state index contributed by atoms with van der Waals surface area (Å²) in [6, 6.07) is 10.3. The Morgan fingerprint density at radius 1 is 1.19 bits per heavy atom. The Balaban J connectivity index is 1.85. The molecule has 174 valence electrons. The van der Waals surface area contributed by atoms with Crippen molar-refractivity contribution >= 4 is 68.2 Å². The minimum atomic E-state index is -3.95. The lowest BCUT2D eigenvalue weighted by Crippen LogP contribution is -2.41. The fourth-order valence-corrected chi connectivity index (χ4v) is 7.02. The zero-order valence-corrected chi connectivity index (χ0v) is 21.1. The normalized spacial score (nSPS) is 17.9. The molecule has 2 atom stereocenters. The predicted molar refractivity (Wildman–Crippen MR) is 132 cm³/mol. The number of carbonyl (C=O) groups is 1. The van der Waals surface area contributed by atoms with Crippen LogP contribution in [-0.2, 0) is 14.8 Å². The van der Waals surface area contributed by atoms with Crippen molar-refractivity contribution in [1.29, 1.82) is 0 Å². The summed E-state index contributed by atoms with van der Waals surface area (Å²) in [5, 5.41) is 10.1. The maximum absolute atomic E-state index is 13.6. The van der Waals surface area contributed by atoms with E-state index >= 15 is 0 Å². The van der Waals surface area contributed by atoms with Crippen LogP contribution in [0.3, 0.4) is 0 Å². The van der Waals surface area contributed by atoms with E-state index in [4.69, 9.17) is 39.9 Å². The van der Waals surface area contributed by atoms with Crippen LogP contribution in [0.15, 0.2) is 47.4 Å². The van der Waals surface area contributed by atoms with Crippen LogP contribution in [0.2, 0.25) is 15.1 Å². The summed E-state index contributed by atoms with van der Waals surface area (Å²) in [4.78, 5) is 13.2. The first-order chi connectivity index (χ1) is 15.1. The van der Waals surface area contributed by atoms with E-state index in [-0.39, 0.29) is 21.6 Å². The van der Waals surface area contributed by atoms with Crippen LogP contribution in [-0.4, -0.2) is 54.7 Å². The third-order valence-corrected chi connectivity index (χ3v) is 9.19. The number of rotatable bonds is 9. The molecule has 0 saturated carbocycles. The Kier molecular flexibility index (Phi) is 8.63. The fourth-order valence-electron chi connectivity index (χ4n) is 3.54. The largest absolute Gasteiger partial charge is 0.481 e. The average molecular weight is 538 g/mol. The van der Waals surface area contributed by atoms with Crippen LogP contribution >= 0.6 is 46.6 Å². The van der Waals surface area contributed by atoms with Crippen LogP contribution in [0.4, 0.5) is 5.69 Å². The summed E-state index contributed by atoms with van der Waals surface area (Å²) in [5.41, 5.74) is 0.307. The summed E-state index contributed by atoms with van der Waals surface area (Å²) < 4.78 is 28.5. The van der Waals surface area contributed by atoms with E-state index in [0.717, 1.165) is 0 Å². The molecule has 32 heavy (non-hydrogen) atoms. The molecule has 1 fully saturated rings. The van der Waals surface area contributed by atoms with Crippen LogP contribution in [0.25, 0.3) is 0 Å². The molecule has 1 saturated heterocycles. The number of carboxylic acid groups (broad SMARTS) is 1. The topological polar surface area (TPSA) is 77.9 Å². The molecule has 0 amide bonds. The van der Waals surface area contributed by atoms with Crippen LogP contribution in [0.1, 0.15) is 19.8 Å². The minimum absolute atomic E-state index is 0.0408. The van der Waals surface area contributed by atoms with Gasteiger partial charge in [0.05, 0.1) is 22.0 Å². The molecule has 0 bridgehead atoms. The maximum atomic E-state index is 13.6. The summed E-state index contributed by atoms with van der Waals surface area (Å²) in [7, 11) is -3.95. The molecule has 2 aromatic carbocycles. The third kappa shape index (κ3) is 6.24. The Labute approximate surface area is 207 Å². The molecule has 3 rings (SSSR count). The molecule has 1 unspecified atom stereocenters. The number of carboxylic acids is 1. The first-order valence-corrected chi connectivity index (χ1v) is 13.5. The minimum Gasteiger partial charge on any atom is -0.481 e. The Morgan fingerprint density at radius 3 is 2.50 bits per heavy atom. The van der Waals surface area contributed by atoms with Gasteiger partial charge in [-0.3, -0.25) is 14.0 Å². The third-order valence-electron chi connectivity index (χ3n) is 5.14. The standard InChI is InChI=1S/C21H23Cl3N2O4S2/c1-14(8-9-25-12-17(31-13-25)11-21(27)28)26(20-10-16(23)4-7-19(20)24)32(29,30)18-5-2-15(22)3-6-18/h2-7,10,14,17H,8-9,11-13H2,1H3,(H,27,28)/t14?,17-/m1/s1. The fraction of sp³-hybridized carbons (Fsp3) is 0.381. The molecule has 11 heteroatoms. The second-order valence-electron chi connectivity index (χ2n) is 7.58. The highest BCUT2D eigenvalue weighted by atomic mass is 35.5. The quantitative estimate of drug-likeness (QED) is 0.457. The number of halogens is 3. The summed E-state index contributed by atoms with van der Waals surface area (Å²) in [5.74, 6) is -0.0967. The van der Waals surface area contributed by atoms with Crippen molar-refractivity contribution in [3.05, 3.63) is 57.5 Å². The molecular formula is C21H23Cl3N2O4S2. The lowest BCUT2D eigenvalue weighted by molar-refractivity contribution is -0.137. The van der Waals surface area contributed by atoms with Gasteiger partial charge in [-0.1, -0.05) is 34.8 Å². The van der Waals surface area contributed by atoms with Crippen molar-refractivity contribution in [3.8, 4) is 0 Å². The number of nitrogens with zero attached hydrogens (tertiary/aromatic N) is 2. The first-order valence-electron chi connectivity index (χ1n) is 9.88. The van der Waals surface area contributed by atoms with Crippen molar-refractivity contribution in [2.75, 3.05) is 23.3 Å². The van der Waals surface area contributed by atoms with E-state index in [2.05, 4.69) is 4.90 Å². The molecule has 0 aliphatic carbocycles. The molecule has 0 aromatic heterocycles. The monoisotopic (exact) mass is 536 g/mol. The van der Waals surface area contributed by atoms with Gasteiger partial charge in [0.2, 0.25) is 0 Å². The van der Waals surface area contributed by atoms with Gasteiger partial charge in [0.25, 0.3) is 10.0 Å². The van der Waals surface area contributed by atoms with Crippen molar-refractivity contribution in [3.63, 3.8) is 0 Å². The highest BCUT2D eigenvalue weighted by Gasteiger charge is 2.32. The van der Waals surface area contributed by atoms with E-state index in [1.165, 1.54) is 28.6 Å². The van der Waals surface area contributed by atoms with Crippen LogP contribution < -0.4 is 4.31 Å². The highest BCUT2D eigenvalue weighted by Crippen LogP contribution is 2.36. The Morgan fingerprint density at radius 2 is 1.84 bits per heavy atom. The molecular weight excluding hydrogens is 515 g/mol. The molecule has 1 N–H and O–H groups in total. The summed E-state index contributed by atoms with van der Waals surface area (Å²) in [6.07, 6.45) is 0.641. The highest BCUT2D eigenvalue weighted by molar-refractivity contribution is 8.00. The van der Waals surface area contributed by atoms with Crippen molar-refractivity contribution in [2.24, 2.45) is 0 Å². The lowest BCUT2D eigenvalue weighted by Gasteiger charge is -2.32. The molecule has 6 nitrogen and oxygen atoms in total. The number of hydrogen-bond acceptors (Lipinski definition) is 5. The molecule has 1 aliphatic rings. The predicted octanol–water partition coefficient (Wildman–Crippen LogP) is 5.47. The van der Waals surface area contributed by atoms with E-state index in [1.807, 2.05) is 6.92 Å². The van der Waals surface area contributed by atoms with Crippen LogP contribution in [0.5, 0.6) is 0 Å². The number of benzene rings is 2. The molecule has 1 aliphatic heterocycles. The van der Waals surface area contributed by atoms with Gasteiger partial charge in [-0.05, 0) is 55.8 Å². The molecule has 1 heterocycles. The summed E-state index contributed by atoms with van der Waals surface area (Å²) >= 11 is 20.1. The van der Waals surface area contributed by atoms with Gasteiger partial charge in [-0.15, -0.1) is 11.8 Å². The van der Waals surface area contributed by atoms with Gasteiger partial charge in [-0.2, -0.15) is 0 Å². The van der Waals surface area contributed by atoms with E-state index in [9.17, 15) is 13.2 Å². The zero-order valence-electron chi connectivity index (χ0n) is 17.2. The second-order valence-corrected chi connectivity index (χ2v) is 11.9. The van der Waals surface area contributed by atoms with Crippen LogP contribution in [0, 0.1) is 0 Å². The number of anilines is 1. The Hall–Kier alpha value is -1.16. The average Bonchev–Trinajstić information content (AvgIpc) is 3.16. The number of thioether (sulfide) groups is 1. The summed E-state index contributed by atoms with van der Waals surface area (Å²) in [6.45, 7) is 3.10. The number of aliphatic carboxylic acids is 1. The first kappa shape index (κ1) is 25.5. The van der Waals surface area contributed by atoms with E-state index in [1.54, 1.807) is 30.0 Å². The van der Waals surface area contributed by atoms with Crippen molar-refractivity contribution < 1.29 is 18.3 Å². The Bertz CT molecular complexity index is 1070. The number of hydrogen-bond donors (Lipinski definition) is 1. The SMILES string of the molecule is CC(CCN1CS[C@H](CC(=O)O)C1)N(c1cc(Cl)ccc1Cl)S(=O)(=O)c1ccc(Cl)cc1. The van der Waals surface area contributed by atoms with Gasteiger partial charge >= 0.3 is 5.97 Å². The smallest absolute Gasteiger partial charge is 0.304 e. The van der Waals surface area contributed by atoms with Gasteiger partial charge in [-0.25, -0.2) is 8.42 Å². The number of sulfonamides is 1. The van der Waals surface area contributed by atoms with Gasteiger partial charge in [0.1, 0.15) is 0 Å². The molecule has 0 radical (unpaired) electrons. The lowest BCUT2D eigenvalue weighted by atomic mass is 10.2. The van der Waals surface area contributed by atoms with E-state index < -0.39 is 22.0 Å². The van der Waals surface area contributed by atoms with E-state index in [0.29, 0.717) is 41.1 Å². The molecule has 2 aromatic rings. The van der Waals surface area contributed by atoms with Crippen molar-refractivity contribution in [1.82, 2.24) is 4.90 Å². The van der Waals surface area contributed by atoms with Gasteiger partial charge in [0.15, 0.2) is 0 Å². The molecule has 0 spiro atoms.